The third kappa shape index (κ3) is 5.72. The summed E-state index contributed by atoms with van der Waals surface area (Å²) in [7, 11) is 0. The molecule has 4 nitrogen and oxygen atoms in total. The van der Waals surface area contributed by atoms with E-state index in [4.69, 9.17) is 0 Å². The summed E-state index contributed by atoms with van der Waals surface area (Å²) in [6.07, 6.45) is 0. The van der Waals surface area contributed by atoms with Crippen LogP contribution in [-0.4, -0.2) is 8.80 Å². The average molecular weight is 1030 g/mol. The molecule has 0 aliphatic rings. The van der Waals surface area contributed by atoms with Crippen LogP contribution < -0.4 is 9.80 Å². The van der Waals surface area contributed by atoms with Crippen molar-refractivity contribution in [1.82, 2.24) is 8.80 Å². The Morgan fingerprint density at radius 3 is 1.31 bits per heavy atom. The Hall–Kier alpha value is -9.72. The van der Waals surface area contributed by atoms with Crippen LogP contribution in [0.25, 0.3) is 128 Å². The molecule has 6 heterocycles. The van der Waals surface area contributed by atoms with E-state index >= 15 is 0 Å². The number of thiophene rings is 2. The predicted octanol–water partition coefficient (Wildman–Crippen LogP) is 21.3. The summed E-state index contributed by atoms with van der Waals surface area (Å²) >= 11 is 3.75. The zero-order valence-electron chi connectivity index (χ0n) is 41.9. The highest BCUT2D eigenvalue weighted by atomic mass is 32.1. The molecule has 78 heavy (non-hydrogen) atoms. The van der Waals surface area contributed by atoms with Crippen molar-refractivity contribution in [1.29, 1.82) is 0 Å². The Morgan fingerprint density at radius 2 is 0.718 bits per heavy atom. The van der Waals surface area contributed by atoms with E-state index in [1.807, 2.05) is 22.7 Å². The monoisotopic (exact) mass is 1030 g/mol. The van der Waals surface area contributed by atoms with E-state index in [1.54, 1.807) is 0 Å². The molecule has 0 radical (unpaired) electrons. The van der Waals surface area contributed by atoms with Crippen molar-refractivity contribution < 1.29 is 0 Å². The number of fused-ring (bicyclic) bond motifs is 18. The van der Waals surface area contributed by atoms with Gasteiger partial charge in [0, 0.05) is 91.1 Å². The number of rotatable bonds is 7. The summed E-state index contributed by atoms with van der Waals surface area (Å²) in [6.45, 7) is 0. The third-order valence-electron chi connectivity index (χ3n) is 16.7. The van der Waals surface area contributed by atoms with Gasteiger partial charge in [-0.1, -0.05) is 164 Å². The van der Waals surface area contributed by atoms with Gasteiger partial charge in [0.1, 0.15) is 0 Å². The smallest absolute Gasteiger partial charge is 0.0641 e. The number of hydrogen-bond acceptors (Lipinski definition) is 4. The largest absolute Gasteiger partial charge is 0.309 e. The lowest BCUT2D eigenvalue weighted by Gasteiger charge is -2.27. The Bertz CT molecular complexity index is 5450. The normalized spacial score (nSPS) is 12.4. The van der Waals surface area contributed by atoms with Crippen LogP contribution in [-0.2, 0) is 0 Å². The lowest BCUT2D eigenvalue weighted by Crippen LogP contribution is -2.10. The molecule has 18 rings (SSSR count). The summed E-state index contributed by atoms with van der Waals surface area (Å²) in [5.41, 5.74) is 16.8. The van der Waals surface area contributed by atoms with Crippen molar-refractivity contribution >= 4 is 173 Å². The molecule has 0 spiro atoms. The number of benzene rings is 12. The Morgan fingerprint density at radius 1 is 0.269 bits per heavy atom. The second kappa shape index (κ2) is 15.9. The molecule has 0 saturated heterocycles. The molecule has 0 unspecified atom stereocenters. The van der Waals surface area contributed by atoms with Crippen molar-refractivity contribution in [2.24, 2.45) is 0 Å². The standard InChI is InChI=1S/C72H42N4S2/c1-3-17-44(18-4-1)73(61-29-15-25-52-48-21-9-13-31-65(48)77-71(52)61)46-35-33-43(34-36-46)47-37-38-50-56-41-64-57(42-63(56)75-58-27-11-7-23-54(58)67(47)69(50)75)51-39-40-60(68-55-24-8-12-28-59(55)76(64)70(51)68)74(45-19-5-2-6-20-45)62-30-16-26-53-49-22-10-14-32-66(49)78-72(53)62/h1-42H. The number of nitrogens with zero attached hydrogens (tertiary/aromatic N) is 4. The fraction of sp³-hybridized carbons (Fsp3) is 0. The molecule has 18 aromatic rings. The summed E-state index contributed by atoms with van der Waals surface area (Å²) < 4.78 is 10.3. The lowest BCUT2D eigenvalue weighted by molar-refractivity contribution is 1.30. The third-order valence-corrected chi connectivity index (χ3v) is 19.2. The van der Waals surface area contributed by atoms with E-state index < -0.39 is 0 Å². The second-order valence-corrected chi connectivity index (χ2v) is 22.8. The van der Waals surface area contributed by atoms with Gasteiger partial charge in [0.15, 0.2) is 0 Å². The first-order valence-corrected chi connectivity index (χ1v) is 28.3. The minimum atomic E-state index is 1.12. The minimum absolute atomic E-state index is 1.12. The van der Waals surface area contributed by atoms with Gasteiger partial charge < -0.3 is 18.6 Å². The second-order valence-electron chi connectivity index (χ2n) is 20.7. The fourth-order valence-corrected chi connectivity index (χ4v) is 15.9. The summed E-state index contributed by atoms with van der Waals surface area (Å²) in [6, 6.07) is 94.7. The lowest BCUT2D eigenvalue weighted by atomic mass is 9.96. The van der Waals surface area contributed by atoms with Gasteiger partial charge >= 0.3 is 0 Å². The molecular formula is C72H42N4S2. The first-order chi connectivity index (χ1) is 38.7. The van der Waals surface area contributed by atoms with E-state index in [2.05, 4.69) is 273 Å². The van der Waals surface area contributed by atoms with Crippen molar-refractivity contribution in [2.45, 2.75) is 0 Å². The van der Waals surface area contributed by atoms with Gasteiger partial charge in [-0.3, -0.25) is 0 Å². The molecule has 6 aromatic heterocycles. The van der Waals surface area contributed by atoms with Gasteiger partial charge in [0.2, 0.25) is 0 Å². The van der Waals surface area contributed by atoms with Crippen molar-refractivity contribution in [3.8, 4) is 11.1 Å². The molecular weight excluding hydrogens is 985 g/mol. The summed E-state index contributed by atoms with van der Waals surface area (Å²) in [4.78, 5) is 4.93. The van der Waals surface area contributed by atoms with Crippen LogP contribution in [0.2, 0.25) is 0 Å². The molecule has 0 atom stereocenters. The Labute approximate surface area is 455 Å². The quantitative estimate of drug-likeness (QED) is 0.158. The summed E-state index contributed by atoms with van der Waals surface area (Å²) in [5, 5.41) is 15.3. The molecule has 0 saturated carbocycles. The number of aromatic nitrogens is 2. The number of para-hydroxylation sites is 4. The average Bonchev–Trinajstić information content (AvgIpc) is 4.54. The number of hydrogen-bond donors (Lipinski definition) is 0. The molecule has 0 bridgehead atoms. The van der Waals surface area contributed by atoms with Gasteiger partial charge in [-0.2, -0.15) is 0 Å². The van der Waals surface area contributed by atoms with Crippen LogP contribution in [0, 0.1) is 0 Å². The van der Waals surface area contributed by atoms with Crippen LogP contribution in [0.4, 0.5) is 34.1 Å². The molecule has 6 heteroatoms. The maximum absolute atomic E-state index is 2.56. The van der Waals surface area contributed by atoms with Gasteiger partial charge in [0.25, 0.3) is 0 Å². The van der Waals surface area contributed by atoms with E-state index in [0.29, 0.717) is 0 Å². The highest BCUT2D eigenvalue weighted by Crippen LogP contribution is 2.53. The fourth-order valence-electron chi connectivity index (χ4n) is 13.5. The molecule has 12 aromatic carbocycles. The molecule has 0 fully saturated rings. The van der Waals surface area contributed by atoms with Crippen LogP contribution in [0.5, 0.6) is 0 Å². The molecule has 0 amide bonds. The van der Waals surface area contributed by atoms with Crippen molar-refractivity contribution in [3.63, 3.8) is 0 Å². The minimum Gasteiger partial charge on any atom is -0.309 e. The molecule has 0 aliphatic heterocycles. The summed E-state index contributed by atoms with van der Waals surface area (Å²) in [5.74, 6) is 0. The molecule has 362 valence electrons. The predicted molar refractivity (Wildman–Crippen MR) is 336 cm³/mol. The number of anilines is 6. The van der Waals surface area contributed by atoms with Gasteiger partial charge in [-0.15, -0.1) is 22.7 Å². The first kappa shape index (κ1) is 42.5. The van der Waals surface area contributed by atoms with E-state index in [9.17, 15) is 0 Å². The van der Waals surface area contributed by atoms with E-state index in [-0.39, 0.29) is 0 Å². The SMILES string of the molecule is c1ccc(N(c2ccc(-c3ccc4c5cc6c(cc5n5c7ccccc7c3c45)c3ccc(N(c4ccccc4)c4cccc5c4sc4ccccc45)c4c5ccccc5n6c34)cc2)c2cccc3c2sc2ccccc23)cc1. The Kier molecular flexibility index (Phi) is 8.67. The van der Waals surface area contributed by atoms with Gasteiger partial charge in [-0.05, 0) is 102 Å². The van der Waals surface area contributed by atoms with Crippen molar-refractivity contribution in [2.75, 3.05) is 9.80 Å². The van der Waals surface area contributed by atoms with Gasteiger partial charge in [-0.25, -0.2) is 0 Å². The highest BCUT2D eigenvalue weighted by molar-refractivity contribution is 7.26. The van der Waals surface area contributed by atoms with Crippen LogP contribution in [0.1, 0.15) is 0 Å². The topological polar surface area (TPSA) is 15.3 Å². The highest BCUT2D eigenvalue weighted by Gasteiger charge is 2.28. The zero-order chi connectivity index (χ0) is 50.7. The molecule has 0 N–H and O–H groups in total. The maximum atomic E-state index is 2.56. The zero-order valence-corrected chi connectivity index (χ0v) is 43.5. The van der Waals surface area contributed by atoms with E-state index in [0.717, 1.165) is 17.1 Å². The van der Waals surface area contributed by atoms with Crippen LogP contribution >= 0.6 is 22.7 Å². The van der Waals surface area contributed by atoms with Crippen LogP contribution in [0.3, 0.4) is 0 Å². The van der Waals surface area contributed by atoms with E-state index in [1.165, 1.54) is 145 Å². The van der Waals surface area contributed by atoms with Crippen molar-refractivity contribution in [3.05, 3.63) is 255 Å². The first-order valence-electron chi connectivity index (χ1n) is 26.7. The van der Waals surface area contributed by atoms with Crippen LogP contribution in [0.15, 0.2) is 255 Å². The Balaban J connectivity index is 0.836. The maximum Gasteiger partial charge on any atom is 0.0641 e. The van der Waals surface area contributed by atoms with Gasteiger partial charge in [0.05, 0.1) is 59.6 Å². The molecule has 0 aliphatic carbocycles.